The molecule has 110 valence electrons. The summed E-state index contributed by atoms with van der Waals surface area (Å²) in [5.41, 5.74) is 1.99. The summed E-state index contributed by atoms with van der Waals surface area (Å²) in [6.07, 6.45) is -3.19. The molecule has 2 nitrogen and oxygen atoms in total. The number of rotatable bonds is 5. The van der Waals surface area contributed by atoms with Crippen molar-refractivity contribution in [3.63, 3.8) is 0 Å². The van der Waals surface area contributed by atoms with Crippen LogP contribution in [0.5, 0.6) is 0 Å². The lowest BCUT2D eigenvalue weighted by molar-refractivity contribution is -0.136. The van der Waals surface area contributed by atoms with Gasteiger partial charge in [-0.05, 0) is 29.1 Å². The smallest absolute Gasteiger partial charge is 0.347 e. The number of halogens is 3. The van der Waals surface area contributed by atoms with E-state index in [0.29, 0.717) is 6.04 Å². The molecule has 0 spiro atoms. The minimum Gasteiger partial charge on any atom is -0.347 e. The second-order valence-electron chi connectivity index (χ2n) is 5.30. The van der Waals surface area contributed by atoms with Crippen molar-refractivity contribution >= 4 is 10.9 Å². The van der Waals surface area contributed by atoms with Crippen molar-refractivity contribution in [2.45, 2.75) is 45.6 Å². The second kappa shape index (κ2) is 5.87. The predicted molar refractivity (Wildman–Crippen MR) is 74.6 cm³/mol. The molecule has 0 bridgehead atoms. The van der Waals surface area contributed by atoms with Crippen LogP contribution in [0.3, 0.4) is 0 Å². The molecule has 1 heterocycles. The van der Waals surface area contributed by atoms with Gasteiger partial charge in [0.25, 0.3) is 0 Å². The highest BCUT2D eigenvalue weighted by Crippen LogP contribution is 2.23. The van der Waals surface area contributed by atoms with Crippen LogP contribution >= 0.6 is 0 Å². The zero-order chi connectivity index (χ0) is 14.8. The molecule has 0 aliphatic rings. The van der Waals surface area contributed by atoms with Gasteiger partial charge in [-0.25, -0.2) is 0 Å². The largest absolute Gasteiger partial charge is 0.390 e. The van der Waals surface area contributed by atoms with Crippen LogP contribution in [0.2, 0.25) is 0 Å². The Kier molecular flexibility index (Phi) is 4.38. The maximum Gasteiger partial charge on any atom is 0.390 e. The van der Waals surface area contributed by atoms with E-state index in [9.17, 15) is 13.2 Å². The summed E-state index contributed by atoms with van der Waals surface area (Å²) in [7, 11) is 0. The third-order valence-corrected chi connectivity index (χ3v) is 3.19. The number of nitrogens with one attached hydrogen (secondary N) is 1. The lowest BCUT2D eigenvalue weighted by atomic mass is 10.1. The van der Waals surface area contributed by atoms with Gasteiger partial charge in [0.15, 0.2) is 0 Å². The number of hydrogen-bond acceptors (Lipinski definition) is 1. The molecule has 0 saturated heterocycles. The van der Waals surface area contributed by atoms with E-state index in [-0.39, 0.29) is 6.54 Å². The zero-order valence-corrected chi connectivity index (χ0v) is 11.7. The highest BCUT2D eigenvalue weighted by molar-refractivity contribution is 5.80. The van der Waals surface area contributed by atoms with Gasteiger partial charge in [0, 0.05) is 30.8 Å². The van der Waals surface area contributed by atoms with Crippen molar-refractivity contribution in [3.8, 4) is 0 Å². The molecule has 0 amide bonds. The lowest BCUT2D eigenvalue weighted by Crippen LogP contribution is -2.21. The van der Waals surface area contributed by atoms with Crippen LogP contribution in [0.1, 0.15) is 25.8 Å². The fourth-order valence-corrected chi connectivity index (χ4v) is 2.12. The molecule has 1 N–H and O–H groups in total. The molecule has 0 unspecified atom stereocenters. The first kappa shape index (κ1) is 14.9. The molecule has 0 atom stereocenters. The van der Waals surface area contributed by atoms with Crippen molar-refractivity contribution in [2.24, 2.45) is 0 Å². The Hall–Kier alpha value is -1.49. The summed E-state index contributed by atoms with van der Waals surface area (Å²) >= 11 is 0. The van der Waals surface area contributed by atoms with E-state index in [1.165, 1.54) is 0 Å². The summed E-state index contributed by atoms with van der Waals surface area (Å²) in [4.78, 5) is 0. The first-order valence-corrected chi connectivity index (χ1v) is 6.73. The Labute approximate surface area is 116 Å². The summed E-state index contributed by atoms with van der Waals surface area (Å²) in [6.45, 7) is 4.89. The quantitative estimate of drug-likeness (QED) is 0.875. The molecule has 0 radical (unpaired) electrons. The van der Waals surface area contributed by atoms with Gasteiger partial charge in [-0.3, -0.25) is 0 Å². The van der Waals surface area contributed by atoms with E-state index in [1.54, 1.807) is 10.8 Å². The minimum atomic E-state index is -4.11. The maximum atomic E-state index is 12.3. The van der Waals surface area contributed by atoms with Crippen LogP contribution in [-0.2, 0) is 13.1 Å². The topological polar surface area (TPSA) is 17.0 Å². The Morgan fingerprint density at radius 3 is 2.60 bits per heavy atom. The SMILES string of the molecule is CC(C)NCc1ccc2c(ccn2CCC(F)(F)F)c1. The third-order valence-electron chi connectivity index (χ3n) is 3.19. The average molecular weight is 284 g/mol. The molecule has 5 heteroatoms. The first-order chi connectivity index (χ1) is 9.35. The monoisotopic (exact) mass is 284 g/mol. The molecule has 1 aromatic carbocycles. The highest BCUT2D eigenvalue weighted by atomic mass is 19.4. The van der Waals surface area contributed by atoms with Crippen LogP contribution in [0.25, 0.3) is 10.9 Å². The summed E-state index contributed by atoms with van der Waals surface area (Å²) in [5.74, 6) is 0. The normalized spacial score (nSPS) is 12.5. The maximum absolute atomic E-state index is 12.3. The van der Waals surface area contributed by atoms with Gasteiger partial charge in [0.2, 0.25) is 0 Å². The third kappa shape index (κ3) is 4.00. The van der Waals surface area contributed by atoms with Crippen LogP contribution in [-0.4, -0.2) is 16.8 Å². The molecule has 0 aliphatic carbocycles. The standard InChI is InChI=1S/C15H19F3N2/c1-11(2)19-10-12-3-4-14-13(9-12)5-7-20(14)8-6-15(16,17)18/h3-5,7,9,11,19H,6,8,10H2,1-2H3. The fourth-order valence-electron chi connectivity index (χ4n) is 2.12. The van der Waals surface area contributed by atoms with E-state index in [1.807, 2.05) is 24.3 Å². The van der Waals surface area contributed by atoms with Gasteiger partial charge < -0.3 is 9.88 Å². The van der Waals surface area contributed by atoms with Gasteiger partial charge in [-0.2, -0.15) is 13.2 Å². The van der Waals surface area contributed by atoms with E-state index in [4.69, 9.17) is 0 Å². The van der Waals surface area contributed by atoms with Gasteiger partial charge >= 0.3 is 6.18 Å². The molecule has 2 rings (SSSR count). The highest BCUT2D eigenvalue weighted by Gasteiger charge is 2.26. The second-order valence-corrected chi connectivity index (χ2v) is 5.30. The van der Waals surface area contributed by atoms with Crippen LogP contribution in [0.15, 0.2) is 30.5 Å². The number of nitrogens with zero attached hydrogens (tertiary/aromatic N) is 1. The zero-order valence-electron chi connectivity index (χ0n) is 11.7. The average Bonchev–Trinajstić information content (AvgIpc) is 2.75. The Balaban J connectivity index is 2.12. The van der Waals surface area contributed by atoms with E-state index in [0.717, 1.165) is 23.0 Å². The number of aromatic nitrogens is 1. The first-order valence-electron chi connectivity index (χ1n) is 6.73. The molecule has 0 fully saturated rings. The van der Waals surface area contributed by atoms with E-state index >= 15 is 0 Å². The fraction of sp³-hybridized carbons (Fsp3) is 0.467. The molecular formula is C15H19F3N2. The van der Waals surface area contributed by atoms with Crippen LogP contribution in [0.4, 0.5) is 13.2 Å². The van der Waals surface area contributed by atoms with Gasteiger partial charge in [0.05, 0.1) is 6.42 Å². The van der Waals surface area contributed by atoms with Crippen molar-refractivity contribution in [3.05, 3.63) is 36.0 Å². The van der Waals surface area contributed by atoms with Crippen molar-refractivity contribution in [1.29, 1.82) is 0 Å². The molecule has 0 saturated carbocycles. The van der Waals surface area contributed by atoms with Crippen LogP contribution in [0, 0.1) is 0 Å². The number of aryl methyl sites for hydroxylation is 1. The van der Waals surface area contributed by atoms with Crippen molar-refractivity contribution < 1.29 is 13.2 Å². The van der Waals surface area contributed by atoms with Crippen molar-refractivity contribution in [1.82, 2.24) is 9.88 Å². The molecule has 1 aromatic heterocycles. The van der Waals surface area contributed by atoms with E-state index < -0.39 is 12.6 Å². The van der Waals surface area contributed by atoms with Crippen LogP contribution < -0.4 is 5.32 Å². The van der Waals surface area contributed by atoms with E-state index in [2.05, 4.69) is 19.2 Å². The molecule has 2 aromatic rings. The number of benzene rings is 1. The number of hydrogen-bond donors (Lipinski definition) is 1. The predicted octanol–water partition coefficient (Wildman–Crippen LogP) is 4.09. The Bertz CT molecular complexity index is 570. The summed E-state index contributed by atoms with van der Waals surface area (Å²) in [5, 5.41) is 4.30. The molecule has 0 aliphatic heterocycles. The molecular weight excluding hydrogens is 265 g/mol. The van der Waals surface area contributed by atoms with Gasteiger partial charge in [-0.15, -0.1) is 0 Å². The Morgan fingerprint density at radius 2 is 1.95 bits per heavy atom. The molecule has 20 heavy (non-hydrogen) atoms. The lowest BCUT2D eigenvalue weighted by Gasteiger charge is -2.10. The van der Waals surface area contributed by atoms with Gasteiger partial charge in [0.1, 0.15) is 0 Å². The van der Waals surface area contributed by atoms with Gasteiger partial charge in [-0.1, -0.05) is 19.9 Å². The summed E-state index contributed by atoms with van der Waals surface area (Å²) in [6, 6.07) is 8.15. The summed E-state index contributed by atoms with van der Waals surface area (Å²) < 4.78 is 38.5. The number of alkyl halides is 3. The van der Waals surface area contributed by atoms with Crippen molar-refractivity contribution in [2.75, 3.05) is 0 Å². The Morgan fingerprint density at radius 1 is 1.20 bits per heavy atom. The number of fused-ring (bicyclic) bond motifs is 1. The minimum absolute atomic E-state index is 0.0312.